The van der Waals surface area contributed by atoms with Crippen molar-refractivity contribution in [3.8, 4) is 11.4 Å². The zero-order valence-corrected chi connectivity index (χ0v) is 13.3. The fraction of sp³-hybridized carbons (Fsp3) is 0.500. The van der Waals surface area contributed by atoms with Crippen molar-refractivity contribution in [3.63, 3.8) is 0 Å². The van der Waals surface area contributed by atoms with Gasteiger partial charge >= 0.3 is 0 Å². The number of anilines is 1. The summed E-state index contributed by atoms with van der Waals surface area (Å²) in [6.45, 7) is 4.29. The van der Waals surface area contributed by atoms with Crippen molar-refractivity contribution in [1.29, 1.82) is 0 Å². The first kappa shape index (κ1) is 13.5. The number of nitrogen functional groups attached to an aromatic ring is 1. The van der Waals surface area contributed by atoms with Gasteiger partial charge in [-0.15, -0.1) is 5.10 Å². The number of nitrogens with two attached hydrogens (primary N) is 1. The first-order valence-electron chi connectivity index (χ1n) is 6.90. The maximum absolute atomic E-state index is 6.05. The van der Waals surface area contributed by atoms with Crippen LogP contribution in [0.1, 0.15) is 37.8 Å². The van der Waals surface area contributed by atoms with Crippen molar-refractivity contribution in [3.05, 3.63) is 22.2 Å². The molecule has 2 unspecified atom stereocenters. The molecule has 5 nitrogen and oxygen atoms in total. The fourth-order valence-corrected chi connectivity index (χ4v) is 3.42. The van der Waals surface area contributed by atoms with Gasteiger partial charge in [0.1, 0.15) is 0 Å². The summed E-state index contributed by atoms with van der Waals surface area (Å²) >= 11 is 3.49. The van der Waals surface area contributed by atoms with E-state index in [1.54, 1.807) is 0 Å². The van der Waals surface area contributed by atoms with Gasteiger partial charge in [-0.2, -0.15) is 0 Å². The molecule has 0 saturated heterocycles. The predicted molar refractivity (Wildman–Crippen MR) is 82.2 cm³/mol. The largest absolute Gasteiger partial charge is 0.398 e. The molecule has 3 rings (SSSR count). The molecule has 20 heavy (non-hydrogen) atoms. The summed E-state index contributed by atoms with van der Waals surface area (Å²) in [5.41, 5.74) is 8.82. The summed E-state index contributed by atoms with van der Waals surface area (Å²) in [4.78, 5) is 0. The monoisotopic (exact) mass is 335 g/mol. The summed E-state index contributed by atoms with van der Waals surface area (Å²) in [6, 6.07) is 4.34. The Labute approximate surface area is 126 Å². The highest BCUT2D eigenvalue weighted by Gasteiger charge is 2.27. The maximum atomic E-state index is 6.05. The van der Waals surface area contributed by atoms with E-state index in [1.807, 2.05) is 23.7 Å². The van der Waals surface area contributed by atoms with E-state index in [-0.39, 0.29) is 0 Å². The molecular formula is C14H18BrN5. The van der Waals surface area contributed by atoms with Crippen LogP contribution >= 0.6 is 15.9 Å². The number of rotatable bonds is 2. The summed E-state index contributed by atoms with van der Waals surface area (Å²) in [5, 5.41) is 12.3. The molecule has 1 aromatic heterocycles. The van der Waals surface area contributed by atoms with Crippen molar-refractivity contribution >= 4 is 21.6 Å². The van der Waals surface area contributed by atoms with Crippen molar-refractivity contribution in [1.82, 2.24) is 20.2 Å². The smallest absolute Gasteiger partial charge is 0.182 e. The van der Waals surface area contributed by atoms with E-state index < -0.39 is 0 Å². The minimum atomic E-state index is 0.398. The Morgan fingerprint density at radius 1 is 1.35 bits per heavy atom. The second-order valence-corrected chi connectivity index (χ2v) is 6.60. The molecule has 0 aliphatic heterocycles. The topological polar surface area (TPSA) is 69.6 Å². The number of hydrogen-bond donors (Lipinski definition) is 1. The molecule has 106 valence electrons. The quantitative estimate of drug-likeness (QED) is 0.854. The Morgan fingerprint density at radius 3 is 2.85 bits per heavy atom. The molecule has 0 bridgehead atoms. The highest BCUT2D eigenvalue weighted by Crippen LogP contribution is 2.37. The minimum Gasteiger partial charge on any atom is -0.398 e. The Kier molecular flexibility index (Phi) is 3.50. The fourth-order valence-electron chi connectivity index (χ4n) is 2.95. The molecule has 1 aromatic carbocycles. The van der Waals surface area contributed by atoms with Gasteiger partial charge in [0.2, 0.25) is 0 Å². The number of benzene rings is 1. The summed E-state index contributed by atoms with van der Waals surface area (Å²) in [7, 11) is 0. The van der Waals surface area contributed by atoms with Gasteiger partial charge in [0.05, 0.1) is 6.04 Å². The van der Waals surface area contributed by atoms with Crippen molar-refractivity contribution < 1.29 is 0 Å². The van der Waals surface area contributed by atoms with Crippen LogP contribution in [0.25, 0.3) is 11.4 Å². The molecule has 2 N–H and O–H groups in total. The summed E-state index contributed by atoms with van der Waals surface area (Å²) < 4.78 is 2.92. The van der Waals surface area contributed by atoms with Gasteiger partial charge in [-0.05, 0) is 60.2 Å². The average molecular weight is 336 g/mol. The van der Waals surface area contributed by atoms with Crippen molar-refractivity contribution in [2.24, 2.45) is 5.92 Å². The van der Waals surface area contributed by atoms with Gasteiger partial charge in [-0.25, -0.2) is 4.68 Å². The Morgan fingerprint density at radius 2 is 2.15 bits per heavy atom. The van der Waals surface area contributed by atoms with Crippen molar-refractivity contribution in [2.75, 3.05) is 5.73 Å². The molecule has 1 fully saturated rings. The molecule has 1 aliphatic rings. The van der Waals surface area contributed by atoms with E-state index in [1.165, 1.54) is 6.42 Å². The van der Waals surface area contributed by atoms with Gasteiger partial charge in [0, 0.05) is 15.7 Å². The molecule has 1 aliphatic carbocycles. The van der Waals surface area contributed by atoms with E-state index in [9.17, 15) is 0 Å². The predicted octanol–water partition coefficient (Wildman–Crippen LogP) is 3.35. The van der Waals surface area contributed by atoms with Crippen LogP contribution in [-0.2, 0) is 0 Å². The SMILES string of the molecule is Cc1c(N)cc(Br)cc1-c1nnnn1C1CCC(C)C1. The molecule has 0 amide bonds. The van der Waals surface area contributed by atoms with Gasteiger partial charge in [-0.3, -0.25) is 0 Å². The lowest BCUT2D eigenvalue weighted by atomic mass is 10.1. The standard InChI is InChI=1S/C14H18BrN5/c1-8-3-4-11(5-8)20-14(17-18-19-20)12-6-10(15)7-13(16)9(12)2/h6-8,11H,3-5,16H2,1-2H3. The van der Waals surface area contributed by atoms with E-state index in [0.717, 1.165) is 45.9 Å². The third-order valence-electron chi connectivity index (χ3n) is 4.16. The first-order chi connectivity index (χ1) is 9.56. The highest BCUT2D eigenvalue weighted by atomic mass is 79.9. The van der Waals surface area contributed by atoms with Crippen LogP contribution < -0.4 is 5.73 Å². The highest BCUT2D eigenvalue weighted by molar-refractivity contribution is 9.10. The van der Waals surface area contributed by atoms with Gasteiger partial charge in [0.15, 0.2) is 5.82 Å². The van der Waals surface area contributed by atoms with Gasteiger partial charge < -0.3 is 5.73 Å². The van der Waals surface area contributed by atoms with Crippen LogP contribution in [0.3, 0.4) is 0 Å². The van der Waals surface area contributed by atoms with Crippen LogP contribution in [0.4, 0.5) is 5.69 Å². The van der Waals surface area contributed by atoms with Crippen molar-refractivity contribution in [2.45, 2.75) is 39.2 Å². The normalized spacial score (nSPS) is 22.4. The zero-order chi connectivity index (χ0) is 14.3. The Balaban J connectivity index is 2.06. The molecule has 1 heterocycles. The van der Waals surface area contributed by atoms with E-state index in [2.05, 4.69) is 38.4 Å². The van der Waals surface area contributed by atoms with Crippen LogP contribution in [0.15, 0.2) is 16.6 Å². The lowest BCUT2D eigenvalue weighted by Gasteiger charge is -2.14. The number of nitrogens with zero attached hydrogens (tertiary/aromatic N) is 4. The van der Waals surface area contributed by atoms with E-state index >= 15 is 0 Å². The zero-order valence-electron chi connectivity index (χ0n) is 11.7. The third-order valence-corrected chi connectivity index (χ3v) is 4.62. The number of halogens is 1. The first-order valence-corrected chi connectivity index (χ1v) is 7.69. The van der Waals surface area contributed by atoms with Gasteiger partial charge in [-0.1, -0.05) is 22.9 Å². The minimum absolute atomic E-state index is 0.398. The number of aromatic nitrogens is 4. The van der Waals surface area contributed by atoms with Crippen LogP contribution in [0.5, 0.6) is 0 Å². The van der Waals surface area contributed by atoms with E-state index in [0.29, 0.717) is 6.04 Å². The maximum Gasteiger partial charge on any atom is 0.182 e. The Bertz CT molecular complexity index is 636. The molecule has 2 atom stereocenters. The van der Waals surface area contributed by atoms with Crippen LogP contribution in [0.2, 0.25) is 0 Å². The second kappa shape index (κ2) is 5.16. The Hall–Kier alpha value is -1.43. The van der Waals surface area contributed by atoms with Crippen LogP contribution in [0, 0.1) is 12.8 Å². The third kappa shape index (κ3) is 2.32. The summed E-state index contributed by atoms with van der Waals surface area (Å²) in [5.74, 6) is 1.56. The molecule has 6 heteroatoms. The van der Waals surface area contributed by atoms with Gasteiger partial charge in [0.25, 0.3) is 0 Å². The molecule has 0 spiro atoms. The molecular weight excluding hydrogens is 318 g/mol. The molecule has 0 radical (unpaired) electrons. The molecule has 1 saturated carbocycles. The molecule has 2 aromatic rings. The lowest BCUT2D eigenvalue weighted by Crippen LogP contribution is -2.10. The lowest BCUT2D eigenvalue weighted by molar-refractivity contribution is 0.443. The number of hydrogen-bond acceptors (Lipinski definition) is 4. The number of tetrazole rings is 1. The second-order valence-electron chi connectivity index (χ2n) is 5.69. The summed E-state index contributed by atoms with van der Waals surface area (Å²) in [6.07, 6.45) is 3.52. The van der Waals surface area contributed by atoms with Crippen LogP contribution in [-0.4, -0.2) is 20.2 Å². The van der Waals surface area contributed by atoms with E-state index in [4.69, 9.17) is 5.73 Å². The average Bonchev–Trinajstić information content (AvgIpc) is 3.01.